The van der Waals surface area contributed by atoms with E-state index in [0.717, 1.165) is 39.8 Å². The molecule has 2 aliphatic rings. The Labute approximate surface area is 221 Å². The number of sulfonamides is 1. The summed E-state index contributed by atoms with van der Waals surface area (Å²) >= 11 is 3.23. The van der Waals surface area contributed by atoms with Crippen molar-refractivity contribution in [3.8, 4) is 0 Å². The first kappa shape index (κ1) is 27.0. The van der Waals surface area contributed by atoms with E-state index < -0.39 is 62.1 Å². The van der Waals surface area contributed by atoms with Crippen LogP contribution in [0.1, 0.15) is 17.2 Å². The number of hydrogen-bond acceptors (Lipinski definition) is 12. The van der Waals surface area contributed by atoms with Gasteiger partial charge in [-0.05, 0) is 33.9 Å². The number of hydrogen-bond donors (Lipinski definition) is 5. The lowest BCUT2D eigenvalue weighted by Crippen LogP contribution is -2.71. The number of H-pyrrole nitrogens is 1. The number of β-lactam (4-membered cyclic amide) rings is 1. The summed E-state index contributed by atoms with van der Waals surface area (Å²) < 4.78 is 23.2. The number of rotatable bonds is 11. The van der Waals surface area contributed by atoms with Crippen molar-refractivity contribution in [3.05, 3.63) is 33.7 Å². The maximum Gasteiger partial charge on any atom is 0.352 e. The Morgan fingerprint density at radius 3 is 2.68 bits per heavy atom. The number of carboxylic acids is 2. The van der Waals surface area contributed by atoms with E-state index >= 15 is 0 Å². The fourth-order valence-corrected chi connectivity index (χ4v) is 7.93. The van der Waals surface area contributed by atoms with E-state index in [9.17, 15) is 37.8 Å². The molecule has 4 heterocycles. The quantitative estimate of drug-likeness (QED) is 0.120. The van der Waals surface area contributed by atoms with Gasteiger partial charge in [-0.2, -0.15) is 0 Å². The number of aliphatic carboxylic acids is 2. The molecule has 4 rings (SSSR count). The van der Waals surface area contributed by atoms with Gasteiger partial charge in [0.1, 0.15) is 17.1 Å². The van der Waals surface area contributed by atoms with Crippen LogP contribution in [0.2, 0.25) is 0 Å². The average molecular weight is 590 g/mol. The van der Waals surface area contributed by atoms with Crippen molar-refractivity contribution in [3.63, 3.8) is 0 Å². The number of carbonyl (C=O) groups is 4. The van der Waals surface area contributed by atoms with Gasteiger partial charge in [-0.25, -0.2) is 23.4 Å². The molecule has 3 unspecified atom stereocenters. The molecule has 1 saturated heterocycles. The second-order valence-electron chi connectivity index (χ2n) is 7.83. The first-order chi connectivity index (χ1) is 17.5. The predicted octanol–water partition coefficient (Wildman–Crippen LogP) is -0.992. The molecule has 2 aliphatic heterocycles. The lowest BCUT2D eigenvalue weighted by Gasteiger charge is -2.50. The van der Waals surface area contributed by atoms with Crippen molar-refractivity contribution >= 4 is 68.6 Å². The van der Waals surface area contributed by atoms with Crippen LogP contribution >= 0.6 is 34.9 Å². The van der Waals surface area contributed by atoms with Crippen LogP contribution in [0.25, 0.3) is 0 Å². The van der Waals surface area contributed by atoms with Crippen molar-refractivity contribution in [1.29, 1.82) is 0 Å². The highest BCUT2D eigenvalue weighted by Crippen LogP contribution is 2.44. The number of aromatic nitrogens is 4. The molecular formula is C18H19N7O8S4. The van der Waals surface area contributed by atoms with Gasteiger partial charge in [0.25, 0.3) is 5.91 Å². The molecule has 15 nitrogen and oxygen atoms in total. The molecule has 0 saturated carbocycles. The minimum absolute atomic E-state index is 0.0785. The summed E-state index contributed by atoms with van der Waals surface area (Å²) in [5, 5.41) is 40.5. The van der Waals surface area contributed by atoms with Crippen LogP contribution in [-0.4, -0.2) is 96.1 Å². The van der Waals surface area contributed by atoms with Crippen LogP contribution in [0.5, 0.6) is 0 Å². The molecule has 2 amide bonds. The molecule has 0 bridgehead atoms. The van der Waals surface area contributed by atoms with Gasteiger partial charge in [0.15, 0.2) is 5.92 Å². The smallest absolute Gasteiger partial charge is 0.352 e. The Kier molecular flexibility index (Phi) is 7.88. The standard InChI is InChI=1S/C18H19N7O8S4/c19-37(32,33)5-3-8(36-18-21-23-24-22-18)7-6-35-15-11(14(27)25(15)12(7)17(30)31)20-13(26)10(16(28)29)9-2-1-4-34-9/h1-2,4,8,10-11,15H,3,5-6H2,(H,20,26)(H,28,29)(H,30,31)(H2,19,32,33)(H,21,22,23,24)/t8?,10?,11?,15-/m0/s1. The molecule has 4 atom stereocenters. The van der Waals surface area contributed by atoms with E-state index in [0.29, 0.717) is 0 Å². The Balaban J connectivity index is 1.58. The summed E-state index contributed by atoms with van der Waals surface area (Å²) in [6, 6.07) is 1.96. The number of tetrazole rings is 1. The van der Waals surface area contributed by atoms with Crippen LogP contribution in [0.15, 0.2) is 33.9 Å². The van der Waals surface area contributed by atoms with Gasteiger partial charge in [0, 0.05) is 15.9 Å². The average Bonchev–Trinajstić information content (AvgIpc) is 3.53. The normalized spacial score (nSPS) is 21.1. The maximum absolute atomic E-state index is 13.0. The summed E-state index contributed by atoms with van der Waals surface area (Å²) in [6.45, 7) is 0. The molecule has 1 fully saturated rings. The molecule has 0 radical (unpaired) electrons. The van der Waals surface area contributed by atoms with Gasteiger partial charge in [-0.3, -0.25) is 19.3 Å². The van der Waals surface area contributed by atoms with Crippen LogP contribution in [0, 0.1) is 0 Å². The minimum Gasteiger partial charge on any atom is -0.480 e. The number of nitrogens with two attached hydrogens (primary N) is 1. The zero-order valence-corrected chi connectivity index (χ0v) is 21.8. The Morgan fingerprint density at radius 2 is 2.11 bits per heavy atom. The zero-order valence-electron chi connectivity index (χ0n) is 18.5. The first-order valence-electron chi connectivity index (χ1n) is 10.4. The number of thioether (sulfide) groups is 2. The van der Waals surface area contributed by atoms with E-state index in [4.69, 9.17) is 5.14 Å². The third-order valence-electron chi connectivity index (χ3n) is 5.47. The largest absolute Gasteiger partial charge is 0.480 e. The highest BCUT2D eigenvalue weighted by atomic mass is 32.2. The number of amides is 2. The van der Waals surface area contributed by atoms with Crippen molar-refractivity contribution in [1.82, 2.24) is 30.8 Å². The van der Waals surface area contributed by atoms with E-state index in [1.54, 1.807) is 11.4 Å². The number of nitrogens with one attached hydrogen (secondary N) is 2. The molecule has 19 heteroatoms. The van der Waals surface area contributed by atoms with Crippen LogP contribution in [0.3, 0.4) is 0 Å². The highest BCUT2D eigenvalue weighted by Gasteiger charge is 2.55. The van der Waals surface area contributed by atoms with Crippen molar-refractivity contribution in [2.24, 2.45) is 5.14 Å². The predicted molar refractivity (Wildman–Crippen MR) is 131 cm³/mol. The Hall–Kier alpha value is -3.00. The molecule has 0 aromatic carbocycles. The van der Waals surface area contributed by atoms with Crippen LogP contribution in [-0.2, 0) is 29.2 Å². The van der Waals surface area contributed by atoms with Gasteiger partial charge in [-0.1, -0.05) is 17.8 Å². The number of primary sulfonamides is 1. The summed E-state index contributed by atoms with van der Waals surface area (Å²) in [5.41, 5.74) is -0.0781. The lowest BCUT2D eigenvalue weighted by molar-refractivity contribution is -0.152. The molecule has 2 aromatic rings. The molecule has 6 N–H and O–H groups in total. The monoisotopic (exact) mass is 589 g/mol. The Morgan fingerprint density at radius 1 is 1.35 bits per heavy atom. The molecule has 0 aliphatic carbocycles. The van der Waals surface area contributed by atoms with E-state index in [-0.39, 0.29) is 33.5 Å². The van der Waals surface area contributed by atoms with Gasteiger partial charge in [0.05, 0.1) is 5.75 Å². The number of aromatic amines is 1. The number of carboxylic acid groups (broad SMARTS) is 2. The molecular weight excluding hydrogens is 571 g/mol. The van der Waals surface area contributed by atoms with Gasteiger partial charge >= 0.3 is 11.9 Å². The summed E-state index contributed by atoms with van der Waals surface area (Å²) in [5.74, 6) is -6.31. The van der Waals surface area contributed by atoms with Gasteiger partial charge in [-0.15, -0.1) is 28.2 Å². The van der Waals surface area contributed by atoms with Crippen LogP contribution < -0.4 is 10.5 Å². The fraction of sp³-hybridized carbons (Fsp3) is 0.389. The number of fused-ring (bicyclic) bond motifs is 1. The summed E-state index contributed by atoms with van der Waals surface area (Å²) in [4.78, 5) is 51.1. The van der Waals surface area contributed by atoms with E-state index in [2.05, 4.69) is 25.9 Å². The topological polar surface area (TPSA) is 239 Å². The van der Waals surface area contributed by atoms with Crippen molar-refractivity contribution in [2.75, 3.05) is 11.5 Å². The summed E-state index contributed by atoms with van der Waals surface area (Å²) in [6.07, 6.45) is -0.0785. The summed E-state index contributed by atoms with van der Waals surface area (Å²) in [7, 11) is -3.88. The SMILES string of the molecule is NS(=O)(=O)CCC(Sc1nnn[nH]1)C1=C(C(=O)O)N2C(=O)C(NC(=O)C(C(=O)O)c3cccs3)[C@@H]2SC1. The second-order valence-corrected chi connectivity index (χ2v) is 12.8. The maximum atomic E-state index is 13.0. The Bertz CT molecular complexity index is 1350. The first-order valence-corrected chi connectivity index (χ1v) is 14.9. The highest BCUT2D eigenvalue weighted by molar-refractivity contribution is 8.01. The van der Waals surface area contributed by atoms with Crippen LogP contribution in [0.4, 0.5) is 0 Å². The van der Waals surface area contributed by atoms with Crippen molar-refractivity contribution < 1.29 is 37.8 Å². The molecule has 37 heavy (non-hydrogen) atoms. The van der Waals surface area contributed by atoms with Gasteiger partial charge < -0.3 is 15.5 Å². The molecule has 2 aromatic heterocycles. The van der Waals surface area contributed by atoms with E-state index in [1.165, 1.54) is 6.07 Å². The number of thiophene rings is 1. The second kappa shape index (κ2) is 10.8. The molecule has 198 valence electrons. The number of carbonyl (C=O) groups excluding carboxylic acids is 2. The number of nitrogens with zero attached hydrogens (tertiary/aromatic N) is 4. The molecule has 0 spiro atoms. The minimum atomic E-state index is -3.88. The fourth-order valence-electron chi connectivity index (χ4n) is 3.86. The van der Waals surface area contributed by atoms with Gasteiger partial charge in [0.2, 0.25) is 21.1 Å². The van der Waals surface area contributed by atoms with E-state index in [1.807, 2.05) is 0 Å². The van der Waals surface area contributed by atoms with Crippen molar-refractivity contribution in [2.45, 2.75) is 34.2 Å². The third kappa shape index (κ3) is 5.79. The zero-order chi connectivity index (χ0) is 26.9. The lowest BCUT2D eigenvalue weighted by atomic mass is 9.99. The third-order valence-corrected chi connectivity index (χ3v) is 9.71.